The van der Waals surface area contributed by atoms with E-state index in [0.717, 1.165) is 18.7 Å². The maximum Gasteiger partial charge on any atom is 0.416 e. The lowest BCUT2D eigenvalue weighted by atomic mass is 10.1. The highest BCUT2D eigenvalue weighted by atomic mass is 35.5. The Morgan fingerprint density at radius 3 is 2.14 bits per heavy atom. The van der Waals surface area contributed by atoms with E-state index in [1.54, 1.807) is 0 Å². The van der Waals surface area contributed by atoms with E-state index in [1.165, 1.54) is 17.7 Å². The molecule has 2 aromatic rings. The Morgan fingerprint density at radius 2 is 1.59 bits per heavy atom. The first-order chi connectivity index (χ1) is 10.4. The Morgan fingerprint density at radius 1 is 1.00 bits per heavy atom. The summed E-state index contributed by atoms with van der Waals surface area (Å²) in [6, 6.07) is 15.0. The van der Waals surface area contributed by atoms with Crippen molar-refractivity contribution in [1.82, 2.24) is 4.90 Å². The fraction of sp³-hybridized carbons (Fsp3) is 0.294. The predicted molar refractivity (Wildman–Crippen MR) is 82.8 cm³/mol. The first-order valence-electron chi connectivity index (χ1n) is 6.90. The van der Waals surface area contributed by atoms with Crippen molar-refractivity contribution in [1.29, 1.82) is 0 Å². The first kappa shape index (κ1) is 16.8. The Labute approximate surface area is 133 Å². The van der Waals surface area contributed by atoms with Gasteiger partial charge >= 0.3 is 6.18 Å². The molecule has 0 fully saturated rings. The number of hydrogen-bond acceptors (Lipinski definition) is 1. The lowest BCUT2D eigenvalue weighted by molar-refractivity contribution is -0.137. The van der Waals surface area contributed by atoms with Crippen LogP contribution in [-0.2, 0) is 12.7 Å². The predicted octanol–water partition coefficient (Wildman–Crippen LogP) is 5.12. The second kappa shape index (κ2) is 7.16. The van der Waals surface area contributed by atoms with Crippen molar-refractivity contribution in [3.05, 3.63) is 71.3 Å². The monoisotopic (exact) mass is 327 g/mol. The third-order valence-corrected chi connectivity index (χ3v) is 3.76. The molecular weight excluding hydrogens is 311 g/mol. The van der Waals surface area contributed by atoms with Crippen LogP contribution in [0.4, 0.5) is 13.2 Å². The molecule has 2 rings (SSSR count). The molecule has 0 spiro atoms. The summed E-state index contributed by atoms with van der Waals surface area (Å²) in [7, 11) is 1.94. The number of nitrogens with zero attached hydrogens (tertiary/aromatic N) is 1. The summed E-state index contributed by atoms with van der Waals surface area (Å²) in [6.07, 6.45) is -4.32. The van der Waals surface area contributed by atoms with Gasteiger partial charge < -0.3 is 4.90 Å². The number of halogens is 4. The SMILES string of the molecule is CN(Cc1ccccc1)C[C@@H](Cl)c1ccc(C(F)(F)F)cc1. The Kier molecular flexibility index (Phi) is 5.48. The Balaban J connectivity index is 1.95. The minimum Gasteiger partial charge on any atom is -0.300 e. The van der Waals surface area contributed by atoms with Crippen LogP contribution < -0.4 is 0 Å². The summed E-state index contributed by atoms with van der Waals surface area (Å²) in [6.45, 7) is 1.30. The molecule has 0 saturated heterocycles. The Bertz CT molecular complexity index is 581. The maximum atomic E-state index is 12.5. The lowest BCUT2D eigenvalue weighted by Crippen LogP contribution is -2.22. The van der Waals surface area contributed by atoms with E-state index >= 15 is 0 Å². The highest BCUT2D eigenvalue weighted by molar-refractivity contribution is 6.21. The van der Waals surface area contributed by atoms with Crippen LogP contribution in [0, 0.1) is 0 Å². The molecule has 1 nitrogen and oxygen atoms in total. The fourth-order valence-electron chi connectivity index (χ4n) is 2.22. The van der Waals surface area contributed by atoms with Gasteiger partial charge in [0.05, 0.1) is 10.9 Å². The molecule has 22 heavy (non-hydrogen) atoms. The molecule has 0 aliphatic heterocycles. The van der Waals surface area contributed by atoms with E-state index in [0.29, 0.717) is 12.1 Å². The summed E-state index contributed by atoms with van der Waals surface area (Å²) in [5.74, 6) is 0. The zero-order valence-electron chi connectivity index (χ0n) is 12.1. The van der Waals surface area contributed by atoms with Crippen LogP contribution in [0.3, 0.4) is 0 Å². The largest absolute Gasteiger partial charge is 0.416 e. The van der Waals surface area contributed by atoms with E-state index in [-0.39, 0.29) is 5.38 Å². The fourth-order valence-corrected chi connectivity index (χ4v) is 2.60. The molecule has 0 bridgehead atoms. The molecule has 1 atom stereocenters. The highest BCUT2D eigenvalue weighted by Crippen LogP contribution is 2.31. The molecule has 0 amide bonds. The third-order valence-electron chi connectivity index (χ3n) is 3.37. The van der Waals surface area contributed by atoms with Crippen molar-refractivity contribution in [2.75, 3.05) is 13.6 Å². The van der Waals surface area contributed by atoms with Crippen molar-refractivity contribution < 1.29 is 13.2 Å². The van der Waals surface area contributed by atoms with Gasteiger partial charge in [-0.2, -0.15) is 13.2 Å². The van der Waals surface area contributed by atoms with Crippen molar-refractivity contribution in [3.63, 3.8) is 0 Å². The van der Waals surface area contributed by atoms with Crippen LogP contribution in [0.5, 0.6) is 0 Å². The van der Waals surface area contributed by atoms with Gasteiger partial charge in [0, 0.05) is 13.1 Å². The summed E-state index contributed by atoms with van der Waals surface area (Å²) < 4.78 is 37.6. The van der Waals surface area contributed by atoms with Crippen molar-refractivity contribution in [3.8, 4) is 0 Å². The summed E-state index contributed by atoms with van der Waals surface area (Å²) in [5, 5.41) is -0.351. The highest BCUT2D eigenvalue weighted by Gasteiger charge is 2.30. The average molecular weight is 328 g/mol. The topological polar surface area (TPSA) is 3.24 Å². The normalized spacial score (nSPS) is 13.4. The molecular formula is C17H17ClF3N. The molecule has 0 radical (unpaired) electrons. The van der Waals surface area contributed by atoms with Gasteiger partial charge in [-0.05, 0) is 30.3 Å². The molecule has 0 saturated carbocycles. The second-order valence-corrected chi connectivity index (χ2v) is 5.80. The summed E-state index contributed by atoms with van der Waals surface area (Å²) in [5.41, 5.74) is 1.20. The maximum absolute atomic E-state index is 12.5. The van der Waals surface area contributed by atoms with Crippen molar-refractivity contribution >= 4 is 11.6 Å². The number of benzene rings is 2. The number of alkyl halides is 4. The molecule has 0 aliphatic carbocycles. The number of rotatable bonds is 5. The minimum absolute atomic E-state index is 0.351. The smallest absolute Gasteiger partial charge is 0.300 e. The van der Waals surface area contributed by atoms with Gasteiger partial charge in [-0.15, -0.1) is 11.6 Å². The van der Waals surface area contributed by atoms with E-state index in [1.807, 2.05) is 42.3 Å². The van der Waals surface area contributed by atoms with Gasteiger partial charge in [-0.1, -0.05) is 42.5 Å². The minimum atomic E-state index is -4.32. The number of likely N-dealkylation sites (N-methyl/N-ethyl adjacent to an activating group) is 1. The van der Waals surface area contributed by atoms with E-state index in [4.69, 9.17) is 11.6 Å². The van der Waals surface area contributed by atoms with Gasteiger partial charge in [-0.3, -0.25) is 0 Å². The molecule has 5 heteroatoms. The first-order valence-corrected chi connectivity index (χ1v) is 7.33. The zero-order valence-corrected chi connectivity index (χ0v) is 12.9. The van der Waals surface area contributed by atoms with Gasteiger partial charge in [0.15, 0.2) is 0 Å². The quantitative estimate of drug-likeness (QED) is 0.689. The summed E-state index contributed by atoms with van der Waals surface area (Å²) in [4.78, 5) is 2.05. The van der Waals surface area contributed by atoms with E-state index < -0.39 is 11.7 Å². The molecule has 0 heterocycles. The third kappa shape index (κ3) is 4.75. The van der Waals surface area contributed by atoms with Crippen LogP contribution in [0.25, 0.3) is 0 Å². The summed E-state index contributed by atoms with van der Waals surface area (Å²) >= 11 is 6.31. The van der Waals surface area contributed by atoms with Gasteiger partial charge in [0.25, 0.3) is 0 Å². The van der Waals surface area contributed by atoms with Crippen LogP contribution in [0.1, 0.15) is 22.1 Å². The number of hydrogen-bond donors (Lipinski definition) is 0. The van der Waals surface area contributed by atoms with Gasteiger partial charge in [0.2, 0.25) is 0 Å². The molecule has 0 aliphatic rings. The van der Waals surface area contributed by atoms with E-state index in [2.05, 4.69) is 0 Å². The molecule has 0 aromatic heterocycles. The Hall–Kier alpha value is -1.52. The van der Waals surface area contributed by atoms with Crippen molar-refractivity contribution in [2.45, 2.75) is 18.1 Å². The lowest BCUT2D eigenvalue weighted by Gasteiger charge is -2.20. The molecule has 2 aromatic carbocycles. The van der Waals surface area contributed by atoms with Gasteiger partial charge in [-0.25, -0.2) is 0 Å². The van der Waals surface area contributed by atoms with Crippen LogP contribution >= 0.6 is 11.6 Å². The van der Waals surface area contributed by atoms with Crippen LogP contribution in [-0.4, -0.2) is 18.5 Å². The van der Waals surface area contributed by atoms with E-state index in [9.17, 15) is 13.2 Å². The van der Waals surface area contributed by atoms with Crippen LogP contribution in [0.2, 0.25) is 0 Å². The zero-order chi connectivity index (χ0) is 16.2. The van der Waals surface area contributed by atoms with Crippen molar-refractivity contribution in [2.24, 2.45) is 0 Å². The van der Waals surface area contributed by atoms with Gasteiger partial charge in [0.1, 0.15) is 0 Å². The standard InChI is InChI=1S/C17H17ClF3N/c1-22(11-13-5-3-2-4-6-13)12-16(18)14-7-9-15(10-8-14)17(19,20)21/h2-10,16H,11-12H2,1H3/t16-/m1/s1. The molecule has 0 unspecified atom stereocenters. The average Bonchev–Trinajstić information content (AvgIpc) is 2.47. The molecule has 0 N–H and O–H groups in total. The van der Waals surface area contributed by atoms with Crippen LogP contribution in [0.15, 0.2) is 54.6 Å². The molecule has 118 valence electrons. The second-order valence-electron chi connectivity index (χ2n) is 5.27.